The maximum Gasteiger partial charge on any atom is 0.331 e. The van der Waals surface area contributed by atoms with E-state index in [1.165, 1.54) is 5.56 Å². The van der Waals surface area contributed by atoms with Gasteiger partial charge >= 0.3 is 5.97 Å². The predicted molar refractivity (Wildman–Crippen MR) is 75.4 cm³/mol. The highest BCUT2D eigenvalue weighted by molar-refractivity contribution is 5.91. The third-order valence-electron chi connectivity index (χ3n) is 2.91. The van der Waals surface area contributed by atoms with Gasteiger partial charge in [0.2, 0.25) is 0 Å². The summed E-state index contributed by atoms with van der Waals surface area (Å²) in [6.07, 6.45) is 2.41. The average Bonchev–Trinajstić information content (AvgIpc) is 2.36. The van der Waals surface area contributed by atoms with Crippen molar-refractivity contribution in [2.75, 3.05) is 6.61 Å². The molecule has 1 aromatic carbocycles. The maximum atomic E-state index is 11.5. The number of benzene rings is 1. The van der Waals surface area contributed by atoms with Gasteiger partial charge in [0, 0.05) is 6.08 Å². The van der Waals surface area contributed by atoms with E-state index in [1.807, 2.05) is 13.8 Å². The molecule has 0 aliphatic heterocycles. The van der Waals surface area contributed by atoms with E-state index in [-0.39, 0.29) is 5.97 Å². The minimum Gasteiger partial charge on any atom is -0.463 e. The van der Waals surface area contributed by atoms with Crippen LogP contribution >= 0.6 is 0 Å². The molecule has 0 saturated carbocycles. The van der Waals surface area contributed by atoms with Crippen LogP contribution in [0.4, 0.5) is 0 Å². The molecule has 18 heavy (non-hydrogen) atoms. The van der Waals surface area contributed by atoms with E-state index in [1.54, 1.807) is 6.08 Å². The zero-order chi connectivity index (χ0) is 13.5. The molecule has 0 bridgehead atoms. The van der Waals surface area contributed by atoms with Gasteiger partial charge in [-0.3, -0.25) is 0 Å². The minimum absolute atomic E-state index is 0.262. The standard InChI is InChI=1S/C16H22O2/c1-5-13(11-16(17)18-6-2)15-9-7-14(8-10-15)12(3)4/h7-12H,5-6H2,1-4H3. The summed E-state index contributed by atoms with van der Waals surface area (Å²) in [6, 6.07) is 8.39. The maximum absolute atomic E-state index is 11.5. The van der Waals surface area contributed by atoms with Gasteiger partial charge in [-0.05, 0) is 36.0 Å². The second kappa shape index (κ2) is 7.00. The number of hydrogen-bond donors (Lipinski definition) is 0. The van der Waals surface area contributed by atoms with E-state index in [0.29, 0.717) is 12.5 Å². The highest BCUT2D eigenvalue weighted by Gasteiger charge is 2.05. The van der Waals surface area contributed by atoms with Crippen LogP contribution in [0, 0.1) is 0 Å². The van der Waals surface area contributed by atoms with E-state index in [9.17, 15) is 4.79 Å². The van der Waals surface area contributed by atoms with Gasteiger partial charge in [-0.1, -0.05) is 45.0 Å². The van der Waals surface area contributed by atoms with Crippen molar-refractivity contribution in [3.8, 4) is 0 Å². The van der Waals surface area contributed by atoms with Gasteiger partial charge < -0.3 is 4.74 Å². The molecule has 0 unspecified atom stereocenters. The molecule has 0 aliphatic rings. The molecule has 0 heterocycles. The minimum atomic E-state index is -0.262. The fraction of sp³-hybridized carbons (Fsp3) is 0.438. The Morgan fingerprint density at radius 2 is 1.83 bits per heavy atom. The van der Waals surface area contributed by atoms with Crippen LogP contribution in [0.25, 0.3) is 5.57 Å². The smallest absolute Gasteiger partial charge is 0.331 e. The van der Waals surface area contributed by atoms with E-state index in [2.05, 4.69) is 38.1 Å². The lowest BCUT2D eigenvalue weighted by Crippen LogP contribution is -2.01. The third-order valence-corrected chi connectivity index (χ3v) is 2.91. The first kappa shape index (κ1) is 14.5. The molecule has 1 rings (SSSR count). The Balaban J connectivity index is 2.92. The largest absolute Gasteiger partial charge is 0.463 e. The molecule has 2 nitrogen and oxygen atoms in total. The zero-order valence-electron chi connectivity index (χ0n) is 11.7. The molecule has 0 radical (unpaired) electrons. The summed E-state index contributed by atoms with van der Waals surface area (Å²) in [6.45, 7) is 8.61. The van der Waals surface area contributed by atoms with Gasteiger partial charge in [0.1, 0.15) is 0 Å². The second-order valence-corrected chi connectivity index (χ2v) is 4.55. The van der Waals surface area contributed by atoms with Gasteiger partial charge in [0.15, 0.2) is 0 Å². The summed E-state index contributed by atoms with van der Waals surface area (Å²) in [4.78, 5) is 11.5. The van der Waals surface area contributed by atoms with E-state index < -0.39 is 0 Å². The third kappa shape index (κ3) is 4.02. The Hall–Kier alpha value is -1.57. The van der Waals surface area contributed by atoms with Crippen molar-refractivity contribution < 1.29 is 9.53 Å². The van der Waals surface area contributed by atoms with E-state index in [0.717, 1.165) is 17.6 Å². The van der Waals surface area contributed by atoms with Crippen LogP contribution < -0.4 is 0 Å². The SMILES string of the molecule is CCOC(=O)C=C(CC)c1ccc(C(C)C)cc1. The first-order valence-corrected chi connectivity index (χ1v) is 6.56. The van der Waals surface area contributed by atoms with Gasteiger partial charge in [-0.15, -0.1) is 0 Å². The quantitative estimate of drug-likeness (QED) is 0.576. The molecule has 98 valence electrons. The lowest BCUT2D eigenvalue weighted by atomic mass is 9.97. The molecular formula is C16H22O2. The van der Waals surface area contributed by atoms with Crippen LogP contribution in [0.15, 0.2) is 30.3 Å². The van der Waals surface area contributed by atoms with Gasteiger partial charge in [-0.2, -0.15) is 0 Å². The molecule has 0 N–H and O–H groups in total. The van der Waals surface area contributed by atoms with Crippen molar-refractivity contribution in [3.05, 3.63) is 41.5 Å². The van der Waals surface area contributed by atoms with Crippen molar-refractivity contribution in [1.29, 1.82) is 0 Å². The molecule has 0 saturated heterocycles. The van der Waals surface area contributed by atoms with E-state index in [4.69, 9.17) is 4.74 Å². The topological polar surface area (TPSA) is 26.3 Å². The summed E-state index contributed by atoms with van der Waals surface area (Å²) in [7, 11) is 0. The molecule has 0 aromatic heterocycles. The number of allylic oxidation sites excluding steroid dienone is 1. The second-order valence-electron chi connectivity index (χ2n) is 4.55. The van der Waals surface area contributed by atoms with Crippen LogP contribution in [0.3, 0.4) is 0 Å². The van der Waals surface area contributed by atoms with Crippen LogP contribution in [0.1, 0.15) is 51.2 Å². The normalized spacial score (nSPS) is 11.7. The fourth-order valence-electron chi connectivity index (χ4n) is 1.80. The first-order valence-electron chi connectivity index (χ1n) is 6.56. The highest BCUT2D eigenvalue weighted by Crippen LogP contribution is 2.21. The number of hydrogen-bond acceptors (Lipinski definition) is 2. The lowest BCUT2D eigenvalue weighted by molar-refractivity contribution is -0.137. The summed E-state index contributed by atoms with van der Waals surface area (Å²) in [5.74, 6) is 0.264. The number of carbonyl (C=O) groups excluding carboxylic acids is 1. The summed E-state index contributed by atoms with van der Waals surface area (Å²) in [5, 5.41) is 0. The molecule has 0 fully saturated rings. The Morgan fingerprint density at radius 3 is 2.28 bits per heavy atom. The first-order chi connectivity index (χ1) is 8.58. The van der Waals surface area contributed by atoms with Gasteiger partial charge in [-0.25, -0.2) is 4.79 Å². The number of esters is 1. The number of carbonyl (C=O) groups is 1. The monoisotopic (exact) mass is 246 g/mol. The number of ether oxygens (including phenoxy) is 1. The lowest BCUT2D eigenvalue weighted by Gasteiger charge is -2.09. The molecule has 0 aliphatic carbocycles. The molecule has 0 spiro atoms. The van der Waals surface area contributed by atoms with Crippen molar-refractivity contribution in [2.45, 2.75) is 40.0 Å². The summed E-state index contributed by atoms with van der Waals surface area (Å²) in [5.41, 5.74) is 3.42. The van der Waals surface area contributed by atoms with Crippen LogP contribution in [0.5, 0.6) is 0 Å². The summed E-state index contributed by atoms with van der Waals surface area (Å²) < 4.78 is 4.94. The highest BCUT2D eigenvalue weighted by atomic mass is 16.5. The van der Waals surface area contributed by atoms with Crippen molar-refractivity contribution >= 4 is 11.5 Å². The molecule has 2 heteroatoms. The predicted octanol–water partition coefficient (Wildman–Crippen LogP) is 4.17. The Morgan fingerprint density at radius 1 is 1.22 bits per heavy atom. The van der Waals surface area contributed by atoms with Gasteiger partial charge in [0.05, 0.1) is 6.61 Å². The molecule has 1 aromatic rings. The van der Waals surface area contributed by atoms with Crippen molar-refractivity contribution in [3.63, 3.8) is 0 Å². The van der Waals surface area contributed by atoms with Gasteiger partial charge in [0.25, 0.3) is 0 Å². The zero-order valence-corrected chi connectivity index (χ0v) is 11.7. The number of rotatable bonds is 5. The van der Waals surface area contributed by atoms with Crippen LogP contribution in [0.2, 0.25) is 0 Å². The van der Waals surface area contributed by atoms with Crippen molar-refractivity contribution in [1.82, 2.24) is 0 Å². The van der Waals surface area contributed by atoms with E-state index >= 15 is 0 Å². The van der Waals surface area contributed by atoms with Crippen LogP contribution in [-0.2, 0) is 9.53 Å². The molecular weight excluding hydrogens is 224 g/mol. The Kier molecular flexibility index (Phi) is 5.63. The molecule has 0 amide bonds. The Bertz CT molecular complexity index is 413. The average molecular weight is 246 g/mol. The van der Waals surface area contributed by atoms with Crippen LogP contribution in [-0.4, -0.2) is 12.6 Å². The van der Waals surface area contributed by atoms with Crippen molar-refractivity contribution in [2.24, 2.45) is 0 Å². The molecule has 0 atom stereocenters. The fourth-order valence-corrected chi connectivity index (χ4v) is 1.80. The Labute approximate surface area is 110 Å². The summed E-state index contributed by atoms with van der Waals surface area (Å²) >= 11 is 0.